The molecule has 0 aliphatic heterocycles. The average Bonchev–Trinajstić information content (AvgIpc) is 3.18. The van der Waals surface area contributed by atoms with Gasteiger partial charge in [-0.15, -0.1) is 0 Å². The molecule has 0 aromatic heterocycles. The van der Waals surface area contributed by atoms with E-state index >= 15 is 0 Å². The third-order valence-corrected chi connectivity index (χ3v) is 5.35. The highest BCUT2D eigenvalue weighted by Gasteiger charge is 2.50. The largest absolute Gasteiger partial charge is 0.490 e. The number of carbonyl (C=O) groups excluding carboxylic acids is 2. The van der Waals surface area contributed by atoms with Crippen molar-refractivity contribution >= 4 is 11.8 Å². The van der Waals surface area contributed by atoms with Gasteiger partial charge in [0.25, 0.3) is 5.91 Å². The molecule has 3 N–H and O–H groups in total. The standard InChI is InChI=1S/C19H26N2O4/c1-3-24-14-8-7-13(10-15(14)25-4-2)19(23)21-17-12-6-5-11(9-12)16(17)18(20)22/h7-8,10-12,16-17H,3-6,9H2,1-2H3,(H2,20,22)(H,21,23)/t11-,12-,16+,17+/m0/s1. The first kappa shape index (κ1) is 17.6. The van der Waals surface area contributed by atoms with Gasteiger partial charge in [-0.3, -0.25) is 9.59 Å². The maximum absolute atomic E-state index is 12.7. The van der Waals surface area contributed by atoms with Crippen molar-refractivity contribution in [2.75, 3.05) is 13.2 Å². The van der Waals surface area contributed by atoms with Gasteiger partial charge in [0.2, 0.25) is 5.91 Å². The van der Waals surface area contributed by atoms with Gasteiger partial charge in [-0.25, -0.2) is 0 Å². The van der Waals surface area contributed by atoms with Crippen LogP contribution < -0.4 is 20.5 Å². The topological polar surface area (TPSA) is 90.6 Å². The van der Waals surface area contributed by atoms with Crippen LogP contribution in [0.15, 0.2) is 18.2 Å². The normalized spacial score (nSPS) is 27.1. The van der Waals surface area contributed by atoms with Crippen molar-refractivity contribution in [2.45, 2.75) is 39.2 Å². The number of fused-ring (bicyclic) bond motifs is 2. The Balaban J connectivity index is 1.76. The number of hydrogen-bond acceptors (Lipinski definition) is 4. The summed E-state index contributed by atoms with van der Waals surface area (Å²) in [6.07, 6.45) is 3.06. The highest BCUT2D eigenvalue weighted by atomic mass is 16.5. The predicted molar refractivity (Wildman–Crippen MR) is 93.5 cm³/mol. The number of hydrogen-bond donors (Lipinski definition) is 2. The van der Waals surface area contributed by atoms with Crippen LogP contribution in [0.3, 0.4) is 0 Å². The molecule has 2 aliphatic carbocycles. The number of primary amides is 1. The van der Waals surface area contributed by atoms with Crippen molar-refractivity contribution in [1.82, 2.24) is 5.32 Å². The van der Waals surface area contributed by atoms with Crippen LogP contribution >= 0.6 is 0 Å². The Hall–Kier alpha value is -2.24. The molecule has 0 spiro atoms. The Morgan fingerprint density at radius 1 is 1.12 bits per heavy atom. The zero-order chi connectivity index (χ0) is 18.0. The maximum Gasteiger partial charge on any atom is 0.251 e. The summed E-state index contributed by atoms with van der Waals surface area (Å²) in [6.45, 7) is 4.79. The number of nitrogens with one attached hydrogen (secondary N) is 1. The van der Waals surface area contributed by atoms with E-state index in [2.05, 4.69) is 5.32 Å². The highest BCUT2D eigenvalue weighted by molar-refractivity contribution is 5.95. The molecule has 0 saturated heterocycles. The Morgan fingerprint density at radius 3 is 2.48 bits per heavy atom. The lowest BCUT2D eigenvalue weighted by molar-refractivity contribution is -0.124. The molecule has 25 heavy (non-hydrogen) atoms. The second kappa shape index (κ2) is 7.33. The third kappa shape index (κ3) is 3.43. The fraction of sp³-hybridized carbons (Fsp3) is 0.579. The molecule has 4 atom stereocenters. The molecule has 2 amide bonds. The summed E-state index contributed by atoms with van der Waals surface area (Å²) in [6, 6.07) is 4.99. The van der Waals surface area contributed by atoms with Crippen LogP contribution in [0.25, 0.3) is 0 Å². The van der Waals surface area contributed by atoms with Gasteiger partial charge in [0.05, 0.1) is 19.1 Å². The molecule has 2 bridgehead atoms. The van der Waals surface area contributed by atoms with Crippen LogP contribution in [0.1, 0.15) is 43.5 Å². The number of benzene rings is 1. The van der Waals surface area contributed by atoms with Crippen molar-refractivity contribution in [3.05, 3.63) is 23.8 Å². The third-order valence-electron chi connectivity index (χ3n) is 5.35. The summed E-state index contributed by atoms with van der Waals surface area (Å²) in [4.78, 5) is 24.5. The van der Waals surface area contributed by atoms with Gasteiger partial charge in [-0.05, 0) is 63.1 Å². The van der Waals surface area contributed by atoms with Crippen LogP contribution in [-0.2, 0) is 4.79 Å². The van der Waals surface area contributed by atoms with Crippen molar-refractivity contribution in [1.29, 1.82) is 0 Å². The average molecular weight is 346 g/mol. The number of rotatable bonds is 7. The van der Waals surface area contributed by atoms with Crippen LogP contribution in [0.5, 0.6) is 11.5 Å². The van der Waals surface area contributed by atoms with Crippen LogP contribution in [0.4, 0.5) is 0 Å². The van der Waals surface area contributed by atoms with Gasteiger partial charge in [0.1, 0.15) is 0 Å². The molecule has 0 heterocycles. The Kier molecular flexibility index (Phi) is 5.16. The van der Waals surface area contributed by atoms with Crippen LogP contribution in [0, 0.1) is 17.8 Å². The number of nitrogens with two attached hydrogens (primary N) is 1. The first-order valence-corrected chi connectivity index (χ1v) is 9.05. The second-order valence-electron chi connectivity index (χ2n) is 6.79. The molecule has 1 aromatic rings. The van der Waals surface area contributed by atoms with E-state index < -0.39 is 0 Å². The molecule has 0 unspecified atom stereocenters. The van der Waals surface area contributed by atoms with E-state index in [1.807, 2.05) is 13.8 Å². The molecular weight excluding hydrogens is 320 g/mol. The van der Waals surface area contributed by atoms with Crippen LogP contribution in [-0.4, -0.2) is 31.1 Å². The minimum atomic E-state index is -0.306. The Labute approximate surface area is 148 Å². The second-order valence-corrected chi connectivity index (χ2v) is 6.79. The summed E-state index contributed by atoms with van der Waals surface area (Å²) in [5.74, 6) is 1.07. The molecule has 0 radical (unpaired) electrons. The first-order chi connectivity index (χ1) is 12.0. The zero-order valence-corrected chi connectivity index (χ0v) is 14.8. The summed E-state index contributed by atoms with van der Waals surface area (Å²) in [5, 5.41) is 3.04. The van der Waals surface area contributed by atoms with E-state index in [-0.39, 0.29) is 23.8 Å². The van der Waals surface area contributed by atoms with Gasteiger partial charge in [-0.1, -0.05) is 0 Å². The van der Waals surface area contributed by atoms with Crippen LogP contribution in [0.2, 0.25) is 0 Å². The minimum absolute atomic E-state index is 0.161. The van der Waals surface area contributed by atoms with Gasteiger partial charge in [0, 0.05) is 11.6 Å². The lowest BCUT2D eigenvalue weighted by Gasteiger charge is -2.29. The fourth-order valence-electron chi connectivity index (χ4n) is 4.34. The van der Waals surface area contributed by atoms with Crippen molar-refractivity contribution < 1.29 is 19.1 Å². The molecule has 1 aromatic carbocycles. The van der Waals surface area contributed by atoms with E-state index in [1.165, 1.54) is 0 Å². The fourth-order valence-corrected chi connectivity index (χ4v) is 4.34. The minimum Gasteiger partial charge on any atom is -0.490 e. The Morgan fingerprint density at radius 2 is 1.80 bits per heavy atom. The van der Waals surface area contributed by atoms with Crippen molar-refractivity contribution in [2.24, 2.45) is 23.5 Å². The monoisotopic (exact) mass is 346 g/mol. The van der Waals surface area contributed by atoms with E-state index in [0.717, 1.165) is 19.3 Å². The van der Waals surface area contributed by atoms with E-state index in [0.29, 0.717) is 42.1 Å². The van der Waals surface area contributed by atoms with Crippen molar-refractivity contribution in [3.63, 3.8) is 0 Å². The number of carbonyl (C=O) groups is 2. The number of amides is 2. The highest BCUT2D eigenvalue weighted by Crippen LogP contribution is 2.48. The van der Waals surface area contributed by atoms with Gasteiger partial charge in [0.15, 0.2) is 11.5 Å². The lowest BCUT2D eigenvalue weighted by atomic mass is 9.84. The first-order valence-electron chi connectivity index (χ1n) is 9.05. The van der Waals surface area contributed by atoms with Gasteiger partial charge >= 0.3 is 0 Å². The van der Waals surface area contributed by atoms with Gasteiger partial charge < -0.3 is 20.5 Å². The van der Waals surface area contributed by atoms with E-state index in [4.69, 9.17) is 15.2 Å². The molecular formula is C19H26N2O4. The van der Waals surface area contributed by atoms with E-state index in [9.17, 15) is 9.59 Å². The zero-order valence-electron chi connectivity index (χ0n) is 14.8. The molecule has 136 valence electrons. The lowest BCUT2D eigenvalue weighted by Crippen LogP contribution is -2.48. The molecule has 6 nitrogen and oxygen atoms in total. The molecule has 2 saturated carbocycles. The maximum atomic E-state index is 12.7. The molecule has 3 rings (SSSR count). The quantitative estimate of drug-likeness (QED) is 0.791. The Bertz CT molecular complexity index is 661. The summed E-state index contributed by atoms with van der Waals surface area (Å²) in [7, 11) is 0. The molecule has 2 aliphatic rings. The number of ether oxygens (including phenoxy) is 2. The van der Waals surface area contributed by atoms with Crippen molar-refractivity contribution in [3.8, 4) is 11.5 Å². The summed E-state index contributed by atoms with van der Waals surface area (Å²) in [5.41, 5.74) is 6.08. The summed E-state index contributed by atoms with van der Waals surface area (Å²) >= 11 is 0. The molecule has 6 heteroatoms. The predicted octanol–water partition coefficient (Wildman–Crippen LogP) is 2.11. The smallest absolute Gasteiger partial charge is 0.251 e. The summed E-state index contributed by atoms with van der Waals surface area (Å²) < 4.78 is 11.1. The van der Waals surface area contributed by atoms with E-state index in [1.54, 1.807) is 18.2 Å². The van der Waals surface area contributed by atoms with Gasteiger partial charge in [-0.2, -0.15) is 0 Å². The SMILES string of the molecule is CCOc1ccc(C(=O)N[C@@H]2[C@H]3CC[C@@H](C3)[C@H]2C(N)=O)cc1OCC. The molecule has 2 fully saturated rings.